The molecule has 2 N–H and O–H groups in total. The Morgan fingerprint density at radius 1 is 0.825 bits per heavy atom. The monoisotopic (exact) mass is 564 g/mol. The van der Waals surface area contributed by atoms with E-state index in [1.165, 1.54) is 58.3 Å². The summed E-state index contributed by atoms with van der Waals surface area (Å²) in [5.41, 5.74) is 0. The number of hydrogen-bond acceptors (Lipinski definition) is 6. The van der Waals surface area contributed by atoms with Gasteiger partial charge in [-0.3, -0.25) is 4.79 Å². The van der Waals surface area contributed by atoms with Gasteiger partial charge in [0.25, 0.3) is 0 Å². The number of aliphatic hydroxyl groups is 2. The number of esters is 1. The molecule has 2 heterocycles. The van der Waals surface area contributed by atoms with Crippen molar-refractivity contribution in [3.8, 4) is 0 Å². The third-order valence-electron chi connectivity index (χ3n) is 8.69. The van der Waals surface area contributed by atoms with E-state index in [0.717, 1.165) is 70.6 Å². The highest BCUT2D eigenvalue weighted by molar-refractivity contribution is 5.83. The molecule has 0 aromatic rings. The molecule has 6 nitrogen and oxygen atoms in total. The van der Waals surface area contributed by atoms with Crippen molar-refractivity contribution in [1.82, 2.24) is 0 Å². The summed E-state index contributed by atoms with van der Waals surface area (Å²) >= 11 is 0. The number of rotatable bonds is 24. The van der Waals surface area contributed by atoms with Gasteiger partial charge >= 0.3 is 5.97 Å². The molecule has 2 fully saturated rings. The average Bonchev–Trinajstić information content (AvgIpc) is 3.55. The average molecular weight is 565 g/mol. The number of unbranched alkanes of at least 4 members (excludes halogenated alkanes) is 12. The van der Waals surface area contributed by atoms with E-state index >= 15 is 0 Å². The lowest BCUT2D eigenvalue weighted by Gasteiger charge is -2.22. The molecule has 0 amide bonds. The Hall–Kier alpha value is -1.24. The van der Waals surface area contributed by atoms with Gasteiger partial charge in [-0.2, -0.15) is 0 Å². The first-order valence-electron chi connectivity index (χ1n) is 16.8. The molecule has 2 rings (SSSR count). The van der Waals surface area contributed by atoms with Crippen LogP contribution in [-0.4, -0.2) is 52.5 Å². The van der Waals surface area contributed by atoms with Crippen LogP contribution in [0.1, 0.15) is 155 Å². The normalized spacial score (nSPS) is 24.6. The fraction of sp³-hybridized carbons (Fsp3) is 0.882. The van der Waals surface area contributed by atoms with Gasteiger partial charge in [0, 0.05) is 6.42 Å². The van der Waals surface area contributed by atoms with Crippen LogP contribution >= 0.6 is 0 Å². The topological polar surface area (TPSA) is 93.1 Å². The van der Waals surface area contributed by atoms with Gasteiger partial charge in [-0.05, 0) is 71.1 Å². The molecular weight excluding hydrogens is 504 g/mol. The van der Waals surface area contributed by atoms with Crippen LogP contribution in [0.3, 0.4) is 0 Å². The quantitative estimate of drug-likeness (QED) is 0.0707. The second-order valence-electron chi connectivity index (χ2n) is 12.5. The predicted molar refractivity (Wildman–Crippen MR) is 161 cm³/mol. The number of ether oxygens (including phenoxy) is 2. The van der Waals surface area contributed by atoms with Gasteiger partial charge in [0.05, 0.1) is 30.3 Å². The third-order valence-corrected chi connectivity index (χ3v) is 8.69. The molecule has 2 saturated heterocycles. The maximum atomic E-state index is 11.8. The highest BCUT2D eigenvalue weighted by atomic mass is 16.6. The highest BCUT2D eigenvalue weighted by Crippen LogP contribution is 2.29. The lowest BCUT2D eigenvalue weighted by atomic mass is 9.97. The van der Waals surface area contributed by atoms with Gasteiger partial charge in [0.1, 0.15) is 11.9 Å². The van der Waals surface area contributed by atoms with Crippen LogP contribution in [0.2, 0.25) is 0 Å². The van der Waals surface area contributed by atoms with Crippen molar-refractivity contribution < 1.29 is 29.3 Å². The molecule has 6 heteroatoms. The molecule has 0 bridgehead atoms. The van der Waals surface area contributed by atoms with E-state index in [4.69, 9.17) is 9.47 Å². The largest absolute Gasteiger partial charge is 0.462 e. The van der Waals surface area contributed by atoms with Crippen LogP contribution in [-0.2, 0) is 19.1 Å². The number of carbonyl (C=O) groups excluding carboxylic acids is 2. The van der Waals surface area contributed by atoms with Gasteiger partial charge in [-0.1, -0.05) is 89.7 Å². The van der Waals surface area contributed by atoms with E-state index in [-0.39, 0.29) is 36.0 Å². The fourth-order valence-electron chi connectivity index (χ4n) is 6.19. The number of Topliss-reactive ketones (excluding diaryl/α,β-unsaturated/α-hetero) is 1. The smallest absolute Gasteiger partial charge is 0.309 e. The van der Waals surface area contributed by atoms with Crippen LogP contribution in [0, 0.1) is 5.92 Å². The summed E-state index contributed by atoms with van der Waals surface area (Å²) in [5.74, 6) is -0.370. The van der Waals surface area contributed by atoms with Gasteiger partial charge in [-0.15, -0.1) is 0 Å². The second kappa shape index (κ2) is 21.5. The summed E-state index contributed by atoms with van der Waals surface area (Å²) in [6.45, 7) is 3.78. The maximum absolute atomic E-state index is 11.8. The summed E-state index contributed by atoms with van der Waals surface area (Å²) in [6, 6.07) is 0. The summed E-state index contributed by atoms with van der Waals surface area (Å²) in [4.78, 5) is 23.1. The first kappa shape index (κ1) is 35.0. The first-order valence-corrected chi connectivity index (χ1v) is 16.8. The van der Waals surface area contributed by atoms with Crippen molar-refractivity contribution in [1.29, 1.82) is 0 Å². The number of aliphatic hydroxyl groups excluding tert-OH is 2. The zero-order valence-corrected chi connectivity index (χ0v) is 25.7. The molecule has 0 saturated carbocycles. The van der Waals surface area contributed by atoms with Crippen LogP contribution in [0.4, 0.5) is 0 Å². The molecule has 0 aliphatic carbocycles. The molecule has 0 radical (unpaired) electrons. The van der Waals surface area contributed by atoms with Crippen molar-refractivity contribution in [2.75, 3.05) is 0 Å². The Kier molecular flexibility index (Phi) is 18.8. The molecule has 6 atom stereocenters. The summed E-state index contributed by atoms with van der Waals surface area (Å²) in [7, 11) is 0. The standard InChI is InChI=1S/C34H60O6/c1-3-4-5-6-7-8-12-15-18-21-30(36)32-23-24-33(40-32)31(37)22-19-16-13-10-9-11-14-17-20-29-26-28(25-27(2)35)34(38)39-29/h13,16,28-33,36-37H,3-12,14-15,17-26H2,1-2H3/b16-13-/t28-,29+,30-,31+,32-,33+/m0/s1. The van der Waals surface area contributed by atoms with E-state index in [1.54, 1.807) is 0 Å². The van der Waals surface area contributed by atoms with E-state index in [9.17, 15) is 19.8 Å². The van der Waals surface area contributed by atoms with Gasteiger partial charge < -0.3 is 24.5 Å². The minimum atomic E-state index is -0.464. The molecule has 0 aromatic heterocycles. The number of cyclic esters (lactones) is 1. The molecule has 2 aliphatic rings. The van der Waals surface area contributed by atoms with Crippen LogP contribution in [0.15, 0.2) is 12.2 Å². The molecule has 0 spiro atoms. The summed E-state index contributed by atoms with van der Waals surface area (Å²) in [5, 5.41) is 21.1. The molecule has 0 unspecified atom stereocenters. The predicted octanol–water partition coefficient (Wildman–Crippen LogP) is 7.76. The number of allylic oxidation sites excluding steroid dienone is 2. The van der Waals surface area contributed by atoms with Crippen molar-refractivity contribution >= 4 is 11.8 Å². The Morgan fingerprint density at radius 2 is 1.40 bits per heavy atom. The molecular formula is C34H60O6. The Morgan fingerprint density at radius 3 is 2.08 bits per heavy atom. The Bertz CT molecular complexity index is 707. The van der Waals surface area contributed by atoms with Crippen LogP contribution < -0.4 is 0 Å². The summed E-state index contributed by atoms with van der Waals surface area (Å²) < 4.78 is 11.5. The minimum absolute atomic E-state index is 0.00900. The lowest BCUT2D eigenvalue weighted by molar-refractivity contribution is -0.145. The van der Waals surface area contributed by atoms with E-state index in [1.807, 2.05) is 0 Å². The van der Waals surface area contributed by atoms with Gasteiger partial charge in [-0.25, -0.2) is 0 Å². The summed E-state index contributed by atoms with van der Waals surface area (Å²) in [6.07, 6.45) is 26.3. The van der Waals surface area contributed by atoms with Crippen LogP contribution in [0.5, 0.6) is 0 Å². The second-order valence-corrected chi connectivity index (χ2v) is 12.5. The Labute approximate surface area is 244 Å². The first-order chi connectivity index (χ1) is 19.4. The van der Waals surface area contributed by atoms with Crippen molar-refractivity contribution in [3.05, 3.63) is 12.2 Å². The van der Waals surface area contributed by atoms with E-state index in [0.29, 0.717) is 19.3 Å². The van der Waals surface area contributed by atoms with Crippen molar-refractivity contribution in [2.45, 2.75) is 186 Å². The lowest BCUT2D eigenvalue weighted by Crippen LogP contribution is -2.30. The zero-order valence-electron chi connectivity index (χ0n) is 25.7. The highest BCUT2D eigenvalue weighted by Gasteiger charge is 2.35. The maximum Gasteiger partial charge on any atom is 0.309 e. The van der Waals surface area contributed by atoms with E-state index in [2.05, 4.69) is 19.1 Å². The minimum Gasteiger partial charge on any atom is -0.462 e. The van der Waals surface area contributed by atoms with Gasteiger partial charge in [0.2, 0.25) is 0 Å². The number of carbonyl (C=O) groups is 2. The van der Waals surface area contributed by atoms with E-state index < -0.39 is 12.2 Å². The number of ketones is 1. The molecule has 40 heavy (non-hydrogen) atoms. The molecule has 0 aromatic carbocycles. The number of hydrogen-bond donors (Lipinski definition) is 2. The van der Waals surface area contributed by atoms with Gasteiger partial charge in [0.15, 0.2) is 0 Å². The van der Waals surface area contributed by atoms with Crippen molar-refractivity contribution in [3.63, 3.8) is 0 Å². The molecule has 232 valence electrons. The molecule has 2 aliphatic heterocycles. The zero-order chi connectivity index (χ0) is 29.0. The third kappa shape index (κ3) is 15.1. The van der Waals surface area contributed by atoms with Crippen LogP contribution in [0.25, 0.3) is 0 Å². The van der Waals surface area contributed by atoms with Crippen molar-refractivity contribution in [2.24, 2.45) is 5.92 Å². The SMILES string of the molecule is CCCCCCCCCCC[C@H](O)[C@@H]1CC[C@H]([C@H](O)CC/C=C\CCCCCC[C@@H]2C[C@H](CC(C)=O)C(=O)O2)O1. The Balaban J connectivity index is 1.41. The fourth-order valence-corrected chi connectivity index (χ4v) is 6.19.